The molecule has 1 unspecified atom stereocenters. The first-order chi connectivity index (χ1) is 8.49. The molecule has 2 aromatic rings. The first-order valence-corrected chi connectivity index (χ1v) is 5.98. The van der Waals surface area contributed by atoms with E-state index in [2.05, 4.69) is 5.10 Å². The molecule has 3 nitrogen and oxygen atoms in total. The smallest absolute Gasteiger partial charge is 0.127 e. The zero-order valence-corrected chi connectivity index (χ0v) is 10.9. The van der Waals surface area contributed by atoms with E-state index in [9.17, 15) is 9.50 Å². The van der Waals surface area contributed by atoms with Crippen molar-refractivity contribution >= 4 is 11.6 Å². The Kier molecular flexibility index (Phi) is 3.68. The number of aryl methyl sites for hydroxylation is 2. The summed E-state index contributed by atoms with van der Waals surface area (Å²) in [6, 6.07) is 6.26. The highest BCUT2D eigenvalue weighted by Gasteiger charge is 2.17. The van der Waals surface area contributed by atoms with E-state index in [1.165, 1.54) is 6.07 Å². The van der Waals surface area contributed by atoms with E-state index in [4.69, 9.17) is 11.6 Å². The van der Waals surface area contributed by atoms with Crippen LogP contribution in [0.2, 0.25) is 5.02 Å². The fourth-order valence-corrected chi connectivity index (χ4v) is 2.02. The van der Waals surface area contributed by atoms with Crippen molar-refractivity contribution in [2.24, 2.45) is 7.05 Å². The average molecular weight is 269 g/mol. The van der Waals surface area contributed by atoms with Crippen LogP contribution in [0.25, 0.3) is 0 Å². The summed E-state index contributed by atoms with van der Waals surface area (Å²) in [4.78, 5) is 0. The van der Waals surface area contributed by atoms with E-state index in [1.54, 1.807) is 29.9 Å². The quantitative estimate of drug-likeness (QED) is 0.930. The summed E-state index contributed by atoms with van der Waals surface area (Å²) < 4.78 is 15.3. The van der Waals surface area contributed by atoms with Crippen LogP contribution in [0, 0.1) is 12.7 Å². The molecule has 0 aliphatic carbocycles. The number of hydrogen-bond donors (Lipinski definition) is 1. The molecule has 0 saturated heterocycles. The standard InChI is InChI=1S/C13H14ClFN2O/c1-8-6-12(16-17(8)2)13(18)7-9-10(14)4-3-5-11(9)15/h3-6,13,18H,7H2,1-2H3. The Hall–Kier alpha value is -1.39. The van der Waals surface area contributed by atoms with Crippen LogP contribution in [0.3, 0.4) is 0 Å². The number of aliphatic hydroxyl groups is 1. The lowest BCUT2D eigenvalue weighted by molar-refractivity contribution is 0.171. The minimum Gasteiger partial charge on any atom is -0.386 e. The first-order valence-electron chi connectivity index (χ1n) is 5.60. The molecule has 0 aliphatic rings. The Morgan fingerprint density at radius 1 is 1.50 bits per heavy atom. The maximum Gasteiger partial charge on any atom is 0.127 e. The van der Waals surface area contributed by atoms with Crippen LogP contribution in [-0.4, -0.2) is 14.9 Å². The second-order valence-electron chi connectivity index (χ2n) is 4.25. The van der Waals surface area contributed by atoms with Gasteiger partial charge in [0.2, 0.25) is 0 Å². The molecule has 96 valence electrons. The predicted octanol–water partition coefficient (Wildman–Crippen LogP) is 2.80. The number of rotatable bonds is 3. The molecule has 1 N–H and O–H groups in total. The maximum absolute atomic E-state index is 13.6. The minimum atomic E-state index is -0.862. The number of aromatic nitrogens is 2. The second kappa shape index (κ2) is 5.08. The van der Waals surface area contributed by atoms with Gasteiger partial charge in [0.15, 0.2) is 0 Å². The minimum absolute atomic E-state index is 0.113. The maximum atomic E-state index is 13.6. The summed E-state index contributed by atoms with van der Waals surface area (Å²) >= 11 is 5.92. The zero-order chi connectivity index (χ0) is 13.3. The molecule has 0 saturated carbocycles. The lowest BCUT2D eigenvalue weighted by Gasteiger charge is -2.10. The third-order valence-electron chi connectivity index (χ3n) is 2.93. The van der Waals surface area contributed by atoms with Gasteiger partial charge in [-0.25, -0.2) is 4.39 Å². The van der Waals surface area contributed by atoms with Crippen molar-refractivity contribution in [1.82, 2.24) is 9.78 Å². The molecule has 0 spiro atoms. The molecule has 1 aromatic carbocycles. The van der Waals surface area contributed by atoms with Gasteiger partial charge in [0, 0.05) is 29.7 Å². The molecule has 5 heteroatoms. The van der Waals surface area contributed by atoms with Gasteiger partial charge in [-0.15, -0.1) is 0 Å². The monoisotopic (exact) mass is 268 g/mol. The molecular formula is C13H14ClFN2O. The largest absolute Gasteiger partial charge is 0.386 e. The van der Waals surface area contributed by atoms with E-state index in [1.807, 2.05) is 6.92 Å². The molecule has 2 rings (SSSR count). The van der Waals surface area contributed by atoms with Crippen molar-refractivity contribution in [2.45, 2.75) is 19.4 Å². The Morgan fingerprint density at radius 2 is 2.22 bits per heavy atom. The third-order valence-corrected chi connectivity index (χ3v) is 3.29. The highest BCUT2D eigenvalue weighted by atomic mass is 35.5. The van der Waals surface area contributed by atoms with Gasteiger partial charge in [-0.3, -0.25) is 4.68 Å². The summed E-state index contributed by atoms with van der Waals surface area (Å²) in [5, 5.41) is 14.5. The number of halogens is 2. The number of aliphatic hydroxyl groups excluding tert-OH is 1. The van der Waals surface area contributed by atoms with Crippen LogP contribution < -0.4 is 0 Å². The van der Waals surface area contributed by atoms with Gasteiger partial charge in [-0.2, -0.15) is 5.10 Å². The summed E-state index contributed by atoms with van der Waals surface area (Å²) in [6.45, 7) is 1.89. The highest BCUT2D eigenvalue weighted by Crippen LogP contribution is 2.25. The fraction of sp³-hybridized carbons (Fsp3) is 0.308. The molecule has 1 atom stereocenters. The summed E-state index contributed by atoms with van der Waals surface area (Å²) in [6.07, 6.45) is -0.749. The molecule has 1 heterocycles. The molecular weight excluding hydrogens is 255 g/mol. The third kappa shape index (κ3) is 2.54. The Balaban J connectivity index is 2.23. The van der Waals surface area contributed by atoms with E-state index in [0.29, 0.717) is 16.3 Å². The van der Waals surface area contributed by atoms with Crippen molar-refractivity contribution in [3.63, 3.8) is 0 Å². The second-order valence-corrected chi connectivity index (χ2v) is 4.66. The van der Waals surface area contributed by atoms with Crippen molar-refractivity contribution in [3.8, 4) is 0 Å². The normalized spacial score (nSPS) is 12.7. The first kappa shape index (κ1) is 13.1. The Labute approximate surface area is 110 Å². The van der Waals surface area contributed by atoms with Gasteiger partial charge in [0.05, 0.1) is 5.69 Å². The molecule has 0 amide bonds. The van der Waals surface area contributed by atoms with E-state index >= 15 is 0 Å². The van der Waals surface area contributed by atoms with Crippen LogP contribution in [-0.2, 0) is 13.5 Å². The van der Waals surface area contributed by atoms with Crippen molar-refractivity contribution < 1.29 is 9.50 Å². The number of benzene rings is 1. The van der Waals surface area contributed by atoms with E-state index in [-0.39, 0.29) is 6.42 Å². The molecule has 0 radical (unpaired) electrons. The van der Waals surface area contributed by atoms with Crippen LogP contribution >= 0.6 is 11.6 Å². The Bertz CT molecular complexity index is 528. The molecule has 18 heavy (non-hydrogen) atoms. The van der Waals surface area contributed by atoms with Gasteiger partial charge >= 0.3 is 0 Å². The topological polar surface area (TPSA) is 38.1 Å². The zero-order valence-electron chi connectivity index (χ0n) is 10.2. The van der Waals surface area contributed by atoms with Gasteiger partial charge in [0.25, 0.3) is 0 Å². The molecule has 1 aromatic heterocycles. The van der Waals surface area contributed by atoms with Crippen LogP contribution in [0.5, 0.6) is 0 Å². The average Bonchev–Trinajstić information content (AvgIpc) is 2.64. The van der Waals surface area contributed by atoms with Gasteiger partial charge in [0.1, 0.15) is 11.9 Å². The summed E-state index contributed by atoms with van der Waals surface area (Å²) in [7, 11) is 1.79. The summed E-state index contributed by atoms with van der Waals surface area (Å²) in [5.41, 5.74) is 1.77. The molecule has 0 bridgehead atoms. The van der Waals surface area contributed by atoms with E-state index in [0.717, 1.165) is 5.69 Å². The highest BCUT2D eigenvalue weighted by molar-refractivity contribution is 6.31. The number of hydrogen-bond acceptors (Lipinski definition) is 2. The van der Waals surface area contributed by atoms with Gasteiger partial charge in [-0.1, -0.05) is 17.7 Å². The predicted molar refractivity (Wildman–Crippen MR) is 68.0 cm³/mol. The van der Waals surface area contributed by atoms with Crippen LogP contribution in [0.1, 0.15) is 23.1 Å². The van der Waals surface area contributed by atoms with Gasteiger partial charge in [-0.05, 0) is 25.1 Å². The summed E-state index contributed by atoms with van der Waals surface area (Å²) in [5.74, 6) is -0.408. The SMILES string of the molecule is Cc1cc(C(O)Cc2c(F)cccc2Cl)nn1C. The van der Waals surface area contributed by atoms with Crippen LogP contribution in [0.4, 0.5) is 4.39 Å². The number of nitrogens with zero attached hydrogens (tertiary/aromatic N) is 2. The van der Waals surface area contributed by atoms with Crippen molar-refractivity contribution in [1.29, 1.82) is 0 Å². The van der Waals surface area contributed by atoms with Crippen molar-refractivity contribution in [3.05, 3.63) is 52.1 Å². The molecule has 0 fully saturated rings. The van der Waals surface area contributed by atoms with Gasteiger partial charge < -0.3 is 5.11 Å². The van der Waals surface area contributed by atoms with Crippen molar-refractivity contribution in [2.75, 3.05) is 0 Å². The lowest BCUT2D eigenvalue weighted by Crippen LogP contribution is -2.05. The fourth-order valence-electron chi connectivity index (χ4n) is 1.78. The molecule has 0 aliphatic heterocycles. The Morgan fingerprint density at radius 3 is 2.78 bits per heavy atom. The lowest BCUT2D eigenvalue weighted by atomic mass is 10.0. The van der Waals surface area contributed by atoms with Crippen LogP contribution in [0.15, 0.2) is 24.3 Å². The van der Waals surface area contributed by atoms with E-state index < -0.39 is 11.9 Å².